The zero-order valence-electron chi connectivity index (χ0n) is 9.55. The molecule has 0 unspecified atom stereocenters. The summed E-state index contributed by atoms with van der Waals surface area (Å²) in [6, 6.07) is 8.48. The standard InChI is InChI=1S/C13H19NS/c1-4-14-9-11(2)10-15-13-8-6-5-7-12(13)3/h5-8,14H,2,4,9-10H2,1,3H3. The maximum absolute atomic E-state index is 4.05. The normalized spacial score (nSPS) is 10.3. The average Bonchev–Trinajstić information content (AvgIpc) is 2.25. The molecule has 0 heterocycles. The van der Waals surface area contributed by atoms with E-state index in [0.29, 0.717) is 0 Å². The summed E-state index contributed by atoms with van der Waals surface area (Å²) in [6.07, 6.45) is 0. The summed E-state index contributed by atoms with van der Waals surface area (Å²) in [4.78, 5) is 1.36. The van der Waals surface area contributed by atoms with Gasteiger partial charge in [0.1, 0.15) is 0 Å². The third-order valence-corrected chi connectivity index (χ3v) is 3.47. The molecule has 1 rings (SSSR count). The van der Waals surface area contributed by atoms with E-state index in [9.17, 15) is 0 Å². The Bertz CT molecular complexity index is 320. The largest absolute Gasteiger partial charge is 0.313 e. The Morgan fingerprint density at radius 2 is 2.13 bits per heavy atom. The third kappa shape index (κ3) is 4.54. The van der Waals surface area contributed by atoms with Crippen LogP contribution in [-0.2, 0) is 0 Å². The molecule has 0 aliphatic carbocycles. The van der Waals surface area contributed by atoms with E-state index >= 15 is 0 Å². The van der Waals surface area contributed by atoms with E-state index in [4.69, 9.17) is 0 Å². The number of rotatable bonds is 6. The molecule has 1 nitrogen and oxygen atoms in total. The number of nitrogens with one attached hydrogen (secondary N) is 1. The number of thioether (sulfide) groups is 1. The summed E-state index contributed by atoms with van der Waals surface area (Å²) in [6.45, 7) is 10.2. The topological polar surface area (TPSA) is 12.0 Å². The first-order valence-corrected chi connectivity index (χ1v) is 6.28. The fourth-order valence-electron chi connectivity index (χ4n) is 1.25. The van der Waals surface area contributed by atoms with Crippen LogP contribution in [0.25, 0.3) is 0 Å². The second kappa shape index (κ2) is 6.70. The van der Waals surface area contributed by atoms with Gasteiger partial charge in [0.05, 0.1) is 0 Å². The van der Waals surface area contributed by atoms with Crippen molar-refractivity contribution in [3.05, 3.63) is 42.0 Å². The monoisotopic (exact) mass is 221 g/mol. The Hall–Kier alpha value is -0.730. The van der Waals surface area contributed by atoms with Gasteiger partial charge in [0.2, 0.25) is 0 Å². The molecule has 0 atom stereocenters. The number of aryl methyl sites for hydroxylation is 1. The minimum absolute atomic E-state index is 0.926. The predicted octanol–water partition coefficient (Wildman–Crippen LogP) is 3.25. The molecular formula is C13H19NS. The van der Waals surface area contributed by atoms with Crippen molar-refractivity contribution in [3.63, 3.8) is 0 Å². The fraction of sp³-hybridized carbons (Fsp3) is 0.385. The average molecular weight is 221 g/mol. The van der Waals surface area contributed by atoms with Gasteiger partial charge >= 0.3 is 0 Å². The Morgan fingerprint density at radius 3 is 2.80 bits per heavy atom. The maximum atomic E-state index is 4.05. The molecule has 0 aliphatic rings. The zero-order chi connectivity index (χ0) is 11.1. The van der Waals surface area contributed by atoms with Gasteiger partial charge in [-0.15, -0.1) is 11.8 Å². The van der Waals surface area contributed by atoms with Gasteiger partial charge in [-0.3, -0.25) is 0 Å². The van der Waals surface area contributed by atoms with Crippen LogP contribution in [0.2, 0.25) is 0 Å². The molecule has 1 N–H and O–H groups in total. The van der Waals surface area contributed by atoms with E-state index in [0.717, 1.165) is 18.8 Å². The van der Waals surface area contributed by atoms with Gasteiger partial charge in [-0.2, -0.15) is 0 Å². The minimum atomic E-state index is 0.926. The van der Waals surface area contributed by atoms with Crippen LogP contribution in [0, 0.1) is 6.92 Å². The van der Waals surface area contributed by atoms with Crippen LogP contribution in [0.15, 0.2) is 41.3 Å². The lowest BCUT2D eigenvalue weighted by Gasteiger charge is -2.07. The van der Waals surface area contributed by atoms with Gasteiger partial charge in [-0.25, -0.2) is 0 Å². The number of benzene rings is 1. The highest BCUT2D eigenvalue weighted by molar-refractivity contribution is 7.99. The molecule has 15 heavy (non-hydrogen) atoms. The quantitative estimate of drug-likeness (QED) is 0.584. The number of hydrogen-bond donors (Lipinski definition) is 1. The lowest BCUT2D eigenvalue weighted by atomic mass is 10.2. The van der Waals surface area contributed by atoms with Crippen LogP contribution in [0.4, 0.5) is 0 Å². The first kappa shape index (κ1) is 12.3. The van der Waals surface area contributed by atoms with Crippen LogP contribution in [0.5, 0.6) is 0 Å². The highest BCUT2D eigenvalue weighted by Crippen LogP contribution is 2.23. The van der Waals surface area contributed by atoms with Crippen molar-refractivity contribution in [2.24, 2.45) is 0 Å². The molecule has 0 radical (unpaired) electrons. The number of likely N-dealkylation sites (N-methyl/N-ethyl adjacent to an activating group) is 1. The molecule has 0 bridgehead atoms. The summed E-state index contributed by atoms with van der Waals surface area (Å²) in [5.41, 5.74) is 2.60. The summed E-state index contributed by atoms with van der Waals surface area (Å²) in [5, 5.41) is 3.29. The molecule has 0 fully saturated rings. The van der Waals surface area contributed by atoms with Crippen LogP contribution in [0.1, 0.15) is 12.5 Å². The highest BCUT2D eigenvalue weighted by Gasteiger charge is 1.99. The van der Waals surface area contributed by atoms with Gasteiger partial charge in [0.15, 0.2) is 0 Å². The molecule has 1 aromatic carbocycles. The van der Waals surface area contributed by atoms with Crippen molar-refractivity contribution in [2.45, 2.75) is 18.7 Å². The van der Waals surface area contributed by atoms with E-state index < -0.39 is 0 Å². The van der Waals surface area contributed by atoms with Crippen molar-refractivity contribution in [2.75, 3.05) is 18.8 Å². The van der Waals surface area contributed by atoms with Crippen molar-refractivity contribution in [1.29, 1.82) is 0 Å². The van der Waals surface area contributed by atoms with Crippen molar-refractivity contribution in [1.82, 2.24) is 5.32 Å². The van der Waals surface area contributed by atoms with E-state index in [2.05, 4.69) is 50.0 Å². The van der Waals surface area contributed by atoms with Crippen LogP contribution in [-0.4, -0.2) is 18.8 Å². The Kier molecular flexibility index (Phi) is 5.51. The van der Waals surface area contributed by atoms with Gasteiger partial charge in [0.25, 0.3) is 0 Å². The molecule has 82 valence electrons. The molecule has 0 amide bonds. The Labute approximate surface area is 97.0 Å². The molecule has 2 heteroatoms. The lowest BCUT2D eigenvalue weighted by Crippen LogP contribution is -2.16. The first-order chi connectivity index (χ1) is 7.24. The van der Waals surface area contributed by atoms with E-state index in [1.165, 1.54) is 16.0 Å². The van der Waals surface area contributed by atoms with Gasteiger partial charge in [-0.05, 0) is 25.1 Å². The summed E-state index contributed by atoms with van der Waals surface area (Å²) in [7, 11) is 0. The van der Waals surface area contributed by atoms with Crippen molar-refractivity contribution in [3.8, 4) is 0 Å². The SMILES string of the molecule is C=C(CNCC)CSc1ccccc1C. The van der Waals surface area contributed by atoms with E-state index in [1.807, 2.05) is 11.8 Å². The molecular weight excluding hydrogens is 202 g/mol. The maximum Gasteiger partial charge on any atom is 0.0200 e. The van der Waals surface area contributed by atoms with Crippen molar-refractivity contribution < 1.29 is 0 Å². The summed E-state index contributed by atoms with van der Waals surface area (Å²) >= 11 is 1.87. The first-order valence-electron chi connectivity index (χ1n) is 5.30. The Morgan fingerprint density at radius 1 is 1.40 bits per heavy atom. The third-order valence-electron chi connectivity index (χ3n) is 2.15. The van der Waals surface area contributed by atoms with Gasteiger partial charge in [0, 0.05) is 17.2 Å². The van der Waals surface area contributed by atoms with Crippen molar-refractivity contribution >= 4 is 11.8 Å². The second-order valence-corrected chi connectivity index (χ2v) is 4.60. The highest BCUT2D eigenvalue weighted by atomic mass is 32.2. The minimum Gasteiger partial charge on any atom is -0.313 e. The fourth-order valence-corrected chi connectivity index (χ4v) is 2.18. The second-order valence-electron chi connectivity index (χ2n) is 3.58. The molecule has 0 spiro atoms. The van der Waals surface area contributed by atoms with E-state index in [1.54, 1.807) is 0 Å². The Balaban J connectivity index is 2.37. The molecule has 0 aliphatic heterocycles. The van der Waals surface area contributed by atoms with Crippen LogP contribution < -0.4 is 5.32 Å². The summed E-state index contributed by atoms with van der Waals surface area (Å²) < 4.78 is 0. The molecule has 0 saturated heterocycles. The lowest BCUT2D eigenvalue weighted by molar-refractivity contribution is 0.779. The van der Waals surface area contributed by atoms with Gasteiger partial charge in [-0.1, -0.05) is 37.3 Å². The number of hydrogen-bond acceptors (Lipinski definition) is 2. The van der Waals surface area contributed by atoms with E-state index in [-0.39, 0.29) is 0 Å². The predicted molar refractivity (Wildman–Crippen MR) is 69.6 cm³/mol. The molecule has 0 saturated carbocycles. The smallest absolute Gasteiger partial charge is 0.0200 e. The van der Waals surface area contributed by atoms with Crippen LogP contribution in [0.3, 0.4) is 0 Å². The molecule has 1 aromatic rings. The zero-order valence-corrected chi connectivity index (χ0v) is 10.4. The van der Waals surface area contributed by atoms with Crippen LogP contribution >= 0.6 is 11.8 Å². The summed E-state index contributed by atoms with van der Waals surface area (Å²) in [5.74, 6) is 0.998. The van der Waals surface area contributed by atoms with Gasteiger partial charge < -0.3 is 5.32 Å². The molecule has 0 aromatic heterocycles.